The summed E-state index contributed by atoms with van der Waals surface area (Å²) in [5, 5.41) is 3.67. The zero-order valence-corrected chi connectivity index (χ0v) is 16.0. The van der Waals surface area contributed by atoms with Crippen LogP contribution in [0, 0.1) is 0 Å². The molecule has 2 rings (SSSR count). The number of carbonyl (C=O) groups is 2. The lowest BCUT2D eigenvalue weighted by atomic mass is 10.1. The standard InChI is InChI=1S/C17H22Cl2N2O2S/c1-12(24-15-11-13(18)5-6-14(15)19)17(23)20-8-7-16(22)21-9-3-2-4-10-21/h5-6,11-12H,2-4,7-10H2,1H3,(H,20,23)/t12-/m0/s1. The van der Waals surface area contributed by atoms with Crippen molar-refractivity contribution in [2.75, 3.05) is 19.6 Å². The summed E-state index contributed by atoms with van der Waals surface area (Å²) in [6.45, 7) is 3.85. The molecule has 1 fully saturated rings. The summed E-state index contributed by atoms with van der Waals surface area (Å²) in [4.78, 5) is 26.9. The Balaban J connectivity index is 1.75. The fourth-order valence-corrected chi connectivity index (χ4v) is 3.98. The average Bonchev–Trinajstić information content (AvgIpc) is 2.58. The number of amides is 2. The van der Waals surface area contributed by atoms with Crippen LogP contribution in [-0.4, -0.2) is 41.6 Å². The van der Waals surface area contributed by atoms with E-state index in [0.29, 0.717) is 23.0 Å². The van der Waals surface area contributed by atoms with Crippen LogP contribution >= 0.6 is 35.0 Å². The van der Waals surface area contributed by atoms with Gasteiger partial charge < -0.3 is 10.2 Å². The molecular weight excluding hydrogens is 367 g/mol. The molecule has 7 heteroatoms. The van der Waals surface area contributed by atoms with Crippen LogP contribution in [0.5, 0.6) is 0 Å². The summed E-state index contributed by atoms with van der Waals surface area (Å²) in [7, 11) is 0. The Labute approximate surface area is 157 Å². The molecule has 4 nitrogen and oxygen atoms in total. The number of hydrogen-bond donors (Lipinski definition) is 1. The minimum atomic E-state index is -0.314. The Kier molecular flexibility index (Phi) is 7.72. The molecule has 0 spiro atoms. The molecule has 1 saturated heterocycles. The number of halogens is 2. The summed E-state index contributed by atoms with van der Waals surface area (Å²) < 4.78 is 0. The Bertz CT molecular complexity index is 592. The van der Waals surface area contributed by atoms with Gasteiger partial charge in [-0.1, -0.05) is 23.2 Å². The van der Waals surface area contributed by atoms with Crippen molar-refractivity contribution < 1.29 is 9.59 Å². The fourth-order valence-electron chi connectivity index (χ4n) is 2.55. The fraction of sp³-hybridized carbons (Fsp3) is 0.529. The SMILES string of the molecule is C[C@H](Sc1cc(Cl)ccc1Cl)C(=O)NCCC(=O)N1CCCCC1. The first-order chi connectivity index (χ1) is 11.5. The van der Waals surface area contributed by atoms with Crippen LogP contribution in [0.25, 0.3) is 0 Å². The highest BCUT2D eigenvalue weighted by atomic mass is 35.5. The number of nitrogens with zero attached hydrogens (tertiary/aromatic N) is 1. The van der Waals surface area contributed by atoms with E-state index in [-0.39, 0.29) is 17.1 Å². The molecule has 0 unspecified atom stereocenters. The van der Waals surface area contributed by atoms with Gasteiger partial charge in [-0.05, 0) is 44.4 Å². The second kappa shape index (κ2) is 9.54. The Hall–Kier alpha value is -0.910. The highest BCUT2D eigenvalue weighted by molar-refractivity contribution is 8.00. The molecular formula is C17H22Cl2N2O2S. The number of hydrogen-bond acceptors (Lipinski definition) is 3. The topological polar surface area (TPSA) is 49.4 Å². The van der Waals surface area contributed by atoms with E-state index in [9.17, 15) is 9.59 Å². The molecule has 132 valence electrons. The van der Waals surface area contributed by atoms with Gasteiger partial charge in [-0.2, -0.15) is 0 Å². The molecule has 0 bridgehead atoms. The van der Waals surface area contributed by atoms with Crippen molar-refractivity contribution >= 4 is 46.8 Å². The van der Waals surface area contributed by atoms with Crippen LogP contribution < -0.4 is 5.32 Å². The van der Waals surface area contributed by atoms with Crippen molar-refractivity contribution in [1.82, 2.24) is 10.2 Å². The second-order valence-corrected chi connectivity index (χ2v) is 8.04. The van der Waals surface area contributed by atoms with E-state index < -0.39 is 0 Å². The zero-order valence-electron chi connectivity index (χ0n) is 13.7. The maximum atomic E-state index is 12.2. The highest BCUT2D eigenvalue weighted by Crippen LogP contribution is 2.32. The van der Waals surface area contributed by atoms with E-state index in [2.05, 4.69) is 5.32 Å². The first-order valence-electron chi connectivity index (χ1n) is 8.14. The van der Waals surface area contributed by atoms with E-state index >= 15 is 0 Å². The molecule has 2 amide bonds. The number of likely N-dealkylation sites (tertiary alicyclic amines) is 1. The molecule has 1 N–H and O–H groups in total. The maximum Gasteiger partial charge on any atom is 0.233 e. The summed E-state index contributed by atoms with van der Waals surface area (Å²) >= 11 is 13.4. The van der Waals surface area contributed by atoms with E-state index in [0.717, 1.165) is 30.8 Å². The predicted molar refractivity (Wildman–Crippen MR) is 99.8 cm³/mol. The quantitative estimate of drug-likeness (QED) is 0.749. The second-order valence-electron chi connectivity index (χ2n) is 5.82. The minimum Gasteiger partial charge on any atom is -0.355 e. The van der Waals surface area contributed by atoms with Crippen molar-refractivity contribution in [1.29, 1.82) is 0 Å². The van der Waals surface area contributed by atoms with Gasteiger partial charge in [0.15, 0.2) is 0 Å². The predicted octanol–water partition coefficient (Wildman–Crippen LogP) is 3.99. The highest BCUT2D eigenvalue weighted by Gasteiger charge is 2.18. The van der Waals surface area contributed by atoms with Gasteiger partial charge >= 0.3 is 0 Å². The van der Waals surface area contributed by atoms with Crippen LogP contribution in [0.2, 0.25) is 10.0 Å². The molecule has 1 heterocycles. The summed E-state index contributed by atoms with van der Waals surface area (Å²) in [5.41, 5.74) is 0. The first-order valence-corrected chi connectivity index (χ1v) is 9.78. The van der Waals surface area contributed by atoms with E-state index in [1.165, 1.54) is 18.2 Å². The Morgan fingerprint density at radius 1 is 1.25 bits per heavy atom. The molecule has 0 saturated carbocycles. The monoisotopic (exact) mass is 388 g/mol. The third-order valence-electron chi connectivity index (χ3n) is 3.91. The van der Waals surface area contributed by atoms with Crippen LogP contribution in [0.15, 0.2) is 23.1 Å². The molecule has 1 aromatic carbocycles. The third kappa shape index (κ3) is 5.87. The van der Waals surface area contributed by atoms with E-state index in [4.69, 9.17) is 23.2 Å². The van der Waals surface area contributed by atoms with Crippen LogP contribution in [-0.2, 0) is 9.59 Å². The van der Waals surface area contributed by atoms with Gasteiger partial charge in [-0.25, -0.2) is 0 Å². The zero-order chi connectivity index (χ0) is 17.5. The van der Waals surface area contributed by atoms with Gasteiger partial charge in [0.1, 0.15) is 0 Å². The lowest BCUT2D eigenvalue weighted by Gasteiger charge is -2.26. The summed E-state index contributed by atoms with van der Waals surface area (Å²) in [6.07, 6.45) is 3.70. The maximum absolute atomic E-state index is 12.2. The Morgan fingerprint density at radius 3 is 2.67 bits per heavy atom. The normalized spacial score (nSPS) is 15.9. The van der Waals surface area contributed by atoms with Gasteiger partial charge in [0.05, 0.1) is 10.3 Å². The van der Waals surface area contributed by atoms with Crippen molar-refractivity contribution in [3.8, 4) is 0 Å². The lowest BCUT2D eigenvalue weighted by molar-refractivity contribution is -0.132. The van der Waals surface area contributed by atoms with Crippen molar-refractivity contribution in [2.45, 2.75) is 42.8 Å². The van der Waals surface area contributed by atoms with Crippen molar-refractivity contribution in [2.24, 2.45) is 0 Å². The van der Waals surface area contributed by atoms with Gasteiger partial charge in [0, 0.05) is 36.0 Å². The lowest BCUT2D eigenvalue weighted by Crippen LogP contribution is -2.39. The number of nitrogens with one attached hydrogen (secondary N) is 1. The molecule has 0 aliphatic carbocycles. The van der Waals surface area contributed by atoms with Crippen molar-refractivity contribution in [3.05, 3.63) is 28.2 Å². The van der Waals surface area contributed by atoms with Crippen molar-refractivity contribution in [3.63, 3.8) is 0 Å². The average molecular weight is 389 g/mol. The largest absolute Gasteiger partial charge is 0.355 e. The van der Waals surface area contributed by atoms with E-state index in [1.807, 2.05) is 11.8 Å². The Morgan fingerprint density at radius 2 is 1.96 bits per heavy atom. The number of piperidine rings is 1. The minimum absolute atomic E-state index is 0.109. The van der Waals surface area contributed by atoms with Crippen LogP contribution in [0.1, 0.15) is 32.6 Å². The third-order valence-corrected chi connectivity index (χ3v) is 5.75. The smallest absolute Gasteiger partial charge is 0.233 e. The van der Waals surface area contributed by atoms with Crippen LogP contribution in [0.3, 0.4) is 0 Å². The molecule has 1 atom stereocenters. The summed E-state index contributed by atoms with van der Waals surface area (Å²) in [6, 6.07) is 5.18. The molecule has 1 aliphatic rings. The van der Waals surface area contributed by atoms with E-state index in [1.54, 1.807) is 18.2 Å². The number of benzene rings is 1. The molecule has 1 aliphatic heterocycles. The van der Waals surface area contributed by atoms with Gasteiger partial charge in [-0.15, -0.1) is 11.8 Å². The molecule has 0 aromatic heterocycles. The van der Waals surface area contributed by atoms with Gasteiger partial charge in [0.25, 0.3) is 0 Å². The number of thioether (sulfide) groups is 1. The van der Waals surface area contributed by atoms with Gasteiger partial charge in [0.2, 0.25) is 11.8 Å². The molecule has 1 aromatic rings. The molecule has 24 heavy (non-hydrogen) atoms. The number of carbonyl (C=O) groups excluding carboxylic acids is 2. The van der Waals surface area contributed by atoms with Gasteiger partial charge in [-0.3, -0.25) is 9.59 Å². The molecule has 0 radical (unpaired) electrons. The van der Waals surface area contributed by atoms with Crippen LogP contribution in [0.4, 0.5) is 0 Å². The first kappa shape index (κ1) is 19.4. The number of rotatable bonds is 6. The summed E-state index contributed by atoms with van der Waals surface area (Å²) in [5.74, 6) is 0.00989.